The Balaban J connectivity index is 1.17. The van der Waals surface area contributed by atoms with Crippen molar-refractivity contribution in [2.24, 2.45) is 28.2 Å². The number of guanidine groups is 1. The number of halogens is 1. The molecule has 3 saturated carbocycles. The average Bonchev–Trinajstić information content (AvgIpc) is 3.26. The van der Waals surface area contributed by atoms with Crippen molar-refractivity contribution in [1.29, 1.82) is 0 Å². The van der Waals surface area contributed by atoms with Crippen LogP contribution in [0.2, 0.25) is 0 Å². The first kappa shape index (κ1) is 28.0. The van der Waals surface area contributed by atoms with Crippen molar-refractivity contribution in [3.63, 3.8) is 0 Å². The van der Waals surface area contributed by atoms with E-state index in [1.807, 2.05) is 17.0 Å². The Labute approximate surface area is 243 Å². The van der Waals surface area contributed by atoms with Gasteiger partial charge in [0.05, 0.1) is 13.2 Å². The summed E-state index contributed by atoms with van der Waals surface area (Å²) < 4.78 is 19.6. The second kappa shape index (κ2) is 10.9. The smallest absolute Gasteiger partial charge is 0.254 e. The van der Waals surface area contributed by atoms with E-state index in [-0.39, 0.29) is 11.7 Å². The maximum absolute atomic E-state index is 14.5. The van der Waals surface area contributed by atoms with Crippen molar-refractivity contribution < 1.29 is 13.9 Å². The van der Waals surface area contributed by atoms with Crippen molar-refractivity contribution >= 4 is 17.6 Å². The molecule has 2 aromatic rings. The van der Waals surface area contributed by atoms with Crippen molar-refractivity contribution in [1.82, 2.24) is 15.1 Å². The molecule has 220 valence electrons. The van der Waals surface area contributed by atoms with E-state index >= 15 is 0 Å². The second-order valence-corrected chi connectivity index (χ2v) is 13.2. The molecule has 2 N–H and O–H groups in total. The highest BCUT2D eigenvalue weighted by Gasteiger charge is 2.56. The lowest BCUT2D eigenvalue weighted by atomic mass is 9.45. The molecule has 0 aromatic heterocycles. The molecular weight excluding hydrogens is 517 g/mol. The van der Waals surface area contributed by atoms with Crippen molar-refractivity contribution in [3.8, 4) is 5.75 Å². The van der Waals surface area contributed by atoms with Gasteiger partial charge in [-0.3, -0.25) is 4.79 Å². The first-order valence-electron chi connectivity index (χ1n) is 15.2. The summed E-state index contributed by atoms with van der Waals surface area (Å²) in [7, 11) is 1.52. The van der Waals surface area contributed by atoms with Crippen molar-refractivity contribution in [2.75, 3.05) is 38.6 Å². The Bertz CT molecular complexity index is 1340. The van der Waals surface area contributed by atoms with Gasteiger partial charge in [0.25, 0.3) is 5.91 Å². The molecule has 2 bridgehead atoms. The van der Waals surface area contributed by atoms with Gasteiger partial charge in [-0.05, 0) is 84.7 Å². The van der Waals surface area contributed by atoms with Crippen molar-refractivity contribution in [3.05, 3.63) is 58.9 Å². The number of ether oxygens (including phenoxy) is 1. The second-order valence-electron chi connectivity index (χ2n) is 13.2. The Kier molecular flexibility index (Phi) is 7.47. The highest BCUT2D eigenvalue weighted by molar-refractivity contribution is 6.00. The number of nitrogens with one attached hydrogen (secondary N) is 2. The Morgan fingerprint density at radius 1 is 1.20 bits per heavy atom. The summed E-state index contributed by atoms with van der Waals surface area (Å²) in [4.78, 5) is 22.8. The number of piperazine rings is 1. The molecule has 1 saturated heterocycles. The predicted octanol–water partition coefficient (Wildman–Crippen LogP) is 5.17. The van der Waals surface area contributed by atoms with E-state index in [9.17, 15) is 9.18 Å². The molecular formula is C33H44FN5O2. The summed E-state index contributed by atoms with van der Waals surface area (Å²) in [6, 6.07) is 11.6. The minimum absolute atomic E-state index is 0.00293. The lowest BCUT2D eigenvalue weighted by Gasteiger charge is -2.61. The maximum Gasteiger partial charge on any atom is 0.254 e. The molecule has 2 heterocycles. The van der Waals surface area contributed by atoms with Crippen LogP contribution in [0.4, 0.5) is 10.1 Å². The standard InChI is InChI=1S/C33H44FN5O2/c1-20-18-39(13-11-35-20)32(37-30-16-24-15-28(21(30)2)33(24,3)4)36-25-7-9-27-23(14-25)19-38(31(27)40)12-10-22-6-8-26(41-5)17-29(22)34/h6-9,14,17,20-21,24,28,30,35H,10-13,15-16,18-19H2,1-5H3,(H,36,37)/t20-,21-,24+,28-,30-/m0/s1. The molecule has 7 nitrogen and oxygen atoms in total. The zero-order valence-corrected chi connectivity index (χ0v) is 25.0. The van der Waals surface area contributed by atoms with E-state index in [0.717, 1.165) is 60.7 Å². The van der Waals surface area contributed by atoms with Crippen LogP contribution in [0.1, 0.15) is 62.0 Å². The highest BCUT2D eigenvalue weighted by atomic mass is 19.1. The number of nitrogens with zero attached hydrogens (tertiary/aromatic N) is 3. The minimum Gasteiger partial charge on any atom is -0.497 e. The molecule has 8 heteroatoms. The molecule has 7 rings (SSSR count). The molecule has 1 amide bonds. The molecule has 5 atom stereocenters. The number of anilines is 1. The third-order valence-electron chi connectivity index (χ3n) is 10.4. The van der Waals surface area contributed by atoms with Gasteiger partial charge in [0, 0.05) is 56.1 Å². The zero-order valence-electron chi connectivity index (χ0n) is 25.0. The Hall–Kier alpha value is -3.13. The molecule has 2 aliphatic heterocycles. The summed E-state index contributed by atoms with van der Waals surface area (Å²) in [6.07, 6.45) is 2.95. The molecule has 3 aliphatic carbocycles. The van der Waals surface area contributed by atoms with Crippen LogP contribution in [0.15, 0.2) is 41.4 Å². The van der Waals surface area contributed by atoms with Gasteiger partial charge in [0.1, 0.15) is 11.6 Å². The number of carbonyl (C=O) groups is 1. The Morgan fingerprint density at radius 2 is 2.02 bits per heavy atom. The van der Waals surface area contributed by atoms with E-state index in [1.54, 1.807) is 12.1 Å². The van der Waals surface area contributed by atoms with Crippen LogP contribution in [-0.4, -0.2) is 67.0 Å². The summed E-state index contributed by atoms with van der Waals surface area (Å²) in [6.45, 7) is 13.2. The van der Waals surface area contributed by atoms with Gasteiger partial charge in [-0.25, -0.2) is 9.38 Å². The number of amides is 1. The predicted molar refractivity (Wildman–Crippen MR) is 161 cm³/mol. The van der Waals surface area contributed by atoms with Crippen LogP contribution >= 0.6 is 0 Å². The SMILES string of the molecule is COc1ccc(CCN2Cc3cc(NC(=N[C@H]4C[C@H]5C[C@@H]([C@@H]4C)C5(C)C)N4CCN[C@@H](C)C4)ccc3C2=O)c(F)c1. The van der Waals surface area contributed by atoms with Gasteiger partial charge < -0.3 is 25.2 Å². The van der Waals surface area contributed by atoms with E-state index in [2.05, 4.69) is 49.3 Å². The van der Waals surface area contributed by atoms with Crippen LogP contribution in [0, 0.1) is 29.0 Å². The molecule has 5 aliphatic rings. The van der Waals surface area contributed by atoms with Gasteiger partial charge in [-0.1, -0.05) is 26.8 Å². The normalized spacial score (nSPS) is 28.8. The number of methoxy groups -OCH3 is 1. The van der Waals surface area contributed by atoms with E-state index in [0.29, 0.717) is 54.2 Å². The van der Waals surface area contributed by atoms with Crippen LogP contribution in [0.25, 0.3) is 0 Å². The summed E-state index contributed by atoms with van der Waals surface area (Å²) in [5, 5.41) is 7.23. The maximum atomic E-state index is 14.5. The number of hydrogen-bond acceptors (Lipinski definition) is 4. The van der Waals surface area contributed by atoms with E-state index in [1.165, 1.54) is 19.6 Å². The first-order valence-corrected chi connectivity index (χ1v) is 15.2. The summed E-state index contributed by atoms with van der Waals surface area (Å²) in [5.41, 5.74) is 3.69. The van der Waals surface area contributed by atoms with Gasteiger partial charge >= 0.3 is 0 Å². The van der Waals surface area contributed by atoms with Crippen LogP contribution in [-0.2, 0) is 13.0 Å². The summed E-state index contributed by atoms with van der Waals surface area (Å²) in [5.74, 6) is 3.20. The summed E-state index contributed by atoms with van der Waals surface area (Å²) >= 11 is 0. The van der Waals surface area contributed by atoms with Gasteiger partial charge in [0.2, 0.25) is 0 Å². The lowest BCUT2D eigenvalue weighted by Crippen LogP contribution is -2.57. The number of hydrogen-bond donors (Lipinski definition) is 2. The molecule has 41 heavy (non-hydrogen) atoms. The van der Waals surface area contributed by atoms with E-state index < -0.39 is 0 Å². The number of rotatable bonds is 6. The number of benzene rings is 2. The van der Waals surface area contributed by atoms with Gasteiger partial charge in [-0.2, -0.15) is 0 Å². The van der Waals surface area contributed by atoms with Crippen LogP contribution < -0.4 is 15.4 Å². The zero-order chi connectivity index (χ0) is 28.9. The van der Waals surface area contributed by atoms with Crippen LogP contribution in [0.5, 0.6) is 5.75 Å². The van der Waals surface area contributed by atoms with Crippen LogP contribution in [0.3, 0.4) is 0 Å². The molecule has 0 spiro atoms. The fraction of sp³-hybridized carbons (Fsp3) is 0.576. The van der Waals surface area contributed by atoms with Crippen molar-refractivity contribution in [2.45, 2.75) is 65.6 Å². The van der Waals surface area contributed by atoms with Gasteiger partial charge in [-0.15, -0.1) is 0 Å². The van der Waals surface area contributed by atoms with Gasteiger partial charge in [0.15, 0.2) is 5.96 Å². The molecule has 0 unspecified atom stereocenters. The highest BCUT2D eigenvalue weighted by Crippen LogP contribution is 2.61. The lowest BCUT2D eigenvalue weighted by molar-refractivity contribution is -0.108. The third-order valence-corrected chi connectivity index (χ3v) is 10.4. The first-order chi connectivity index (χ1) is 19.6. The topological polar surface area (TPSA) is 69.2 Å². The molecule has 0 radical (unpaired) electrons. The molecule has 2 aromatic carbocycles. The number of fused-ring (bicyclic) bond motifs is 3. The Morgan fingerprint density at radius 3 is 2.73 bits per heavy atom. The fourth-order valence-corrected chi connectivity index (χ4v) is 7.65. The largest absolute Gasteiger partial charge is 0.497 e. The molecule has 4 fully saturated rings. The third kappa shape index (κ3) is 5.31. The quantitative estimate of drug-likeness (QED) is 0.377. The average molecular weight is 562 g/mol. The number of carbonyl (C=O) groups excluding carboxylic acids is 1. The number of aliphatic imine (C=N–C) groups is 1. The fourth-order valence-electron chi connectivity index (χ4n) is 7.65. The van der Waals surface area contributed by atoms with E-state index in [4.69, 9.17) is 9.73 Å². The monoisotopic (exact) mass is 561 g/mol. The minimum atomic E-state index is -0.304.